The zero-order chi connectivity index (χ0) is 32.3. The van der Waals surface area contributed by atoms with E-state index in [-0.39, 0.29) is 11.7 Å². The molecule has 0 saturated carbocycles. The van der Waals surface area contributed by atoms with Crippen molar-refractivity contribution in [2.45, 2.75) is 25.0 Å². The third kappa shape index (κ3) is 8.01. The number of para-hydroxylation sites is 3. The number of hydrogen-bond donors (Lipinski definition) is 4. The highest BCUT2D eigenvalue weighted by molar-refractivity contribution is 6.01. The van der Waals surface area contributed by atoms with Crippen LogP contribution in [0.2, 0.25) is 0 Å². The number of nitrogens with one attached hydrogen (secondary N) is 2. The van der Waals surface area contributed by atoms with Crippen LogP contribution in [0.3, 0.4) is 0 Å². The number of rotatable bonds is 11. The molecule has 0 aliphatic rings. The van der Waals surface area contributed by atoms with Crippen LogP contribution >= 0.6 is 0 Å². The number of nitrogens with two attached hydrogens (primary N) is 1. The van der Waals surface area contributed by atoms with E-state index in [0.29, 0.717) is 57.6 Å². The summed E-state index contributed by atoms with van der Waals surface area (Å²) in [6.45, 7) is 0. The summed E-state index contributed by atoms with van der Waals surface area (Å²) in [6.07, 6.45) is 1.53. The van der Waals surface area contributed by atoms with Gasteiger partial charge in [0.1, 0.15) is 17.6 Å². The van der Waals surface area contributed by atoms with Gasteiger partial charge < -0.3 is 25.6 Å². The Hall–Kier alpha value is -6.27. The molecular weight excluding hydrogens is 580 g/mol. The number of allylic oxidation sites excluding steroid dienone is 1. The summed E-state index contributed by atoms with van der Waals surface area (Å²) in [5, 5.41) is 26.5. The van der Waals surface area contributed by atoms with Crippen LogP contribution in [-0.2, 0) is 9.53 Å². The number of nitrogen functional groups attached to an aromatic ring is 1. The molecular formula is C37H32N4O5. The van der Waals surface area contributed by atoms with E-state index >= 15 is 0 Å². The first kappa shape index (κ1) is 31.2. The number of benzene rings is 5. The van der Waals surface area contributed by atoms with Gasteiger partial charge in [-0.2, -0.15) is 5.26 Å². The number of hydrogen-bond acceptors (Lipinski definition) is 7. The van der Waals surface area contributed by atoms with Crippen molar-refractivity contribution in [1.29, 1.82) is 5.26 Å². The predicted octanol–water partition coefficient (Wildman–Crippen LogP) is 7.71. The molecule has 0 heterocycles. The maximum atomic E-state index is 13.4. The third-order valence-corrected chi connectivity index (χ3v) is 7.21. The van der Waals surface area contributed by atoms with Crippen LogP contribution < -0.4 is 21.1 Å². The van der Waals surface area contributed by atoms with Crippen molar-refractivity contribution in [1.82, 2.24) is 0 Å². The number of ether oxygens (including phenoxy) is 2. The topological polar surface area (TPSA) is 147 Å². The van der Waals surface area contributed by atoms with Crippen molar-refractivity contribution in [3.8, 4) is 17.6 Å². The molecule has 9 nitrogen and oxygen atoms in total. The van der Waals surface area contributed by atoms with E-state index in [9.17, 15) is 14.7 Å². The van der Waals surface area contributed by atoms with Crippen molar-refractivity contribution in [3.05, 3.63) is 139 Å². The average molecular weight is 613 g/mol. The number of nitrogens with zero attached hydrogens (tertiary/aromatic N) is 1. The molecule has 46 heavy (non-hydrogen) atoms. The van der Waals surface area contributed by atoms with Crippen LogP contribution in [0.1, 0.15) is 30.1 Å². The van der Waals surface area contributed by atoms with E-state index in [2.05, 4.69) is 10.6 Å². The molecule has 0 radical (unpaired) electrons. The zero-order valence-electron chi connectivity index (χ0n) is 24.8. The van der Waals surface area contributed by atoms with Gasteiger partial charge in [-0.1, -0.05) is 66.7 Å². The third-order valence-electron chi connectivity index (χ3n) is 7.21. The van der Waals surface area contributed by atoms with Gasteiger partial charge in [0.15, 0.2) is 6.10 Å². The lowest BCUT2D eigenvalue weighted by Gasteiger charge is -2.29. The van der Waals surface area contributed by atoms with E-state index in [0.717, 1.165) is 0 Å². The fourth-order valence-electron chi connectivity index (χ4n) is 4.97. The van der Waals surface area contributed by atoms with Crippen molar-refractivity contribution in [2.75, 3.05) is 16.4 Å². The van der Waals surface area contributed by atoms with Crippen molar-refractivity contribution >= 4 is 39.8 Å². The van der Waals surface area contributed by atoms with E-state index in [1.807, 2.05) is 54.6 Å². The largest absolute Gasteiger partial charge is 0.507 e. The Morgan fingerprint density at radius 3 is 2.28 bits per heavy atom. The molecule has 0 aromatic heterocycles. The van der Waals surface area contributed by atoms with Crippen LogP contribution in [-0.4, -0.2) is 23.2 Å². The second-order valence-electron chi connectivity index (χ2n) is 10.4. The molecule has 230 valence electrons. The molecule has 0 aliphatic carbocycles. The summed E-state index contributed by atoms with van der Waals surface area (Å²) in [7, 11) is 0. The normalized spacial score (nSPS) is 12.2. The van der Waals surface area contributed by atoms with Gasteiger partial charge in [-0.15, -0.1) is 0 Å². The molecule has 5 aromatic rings. The lowest BCUT2D eigenvalue weighted by atomic mass is 9.94. The second-order valence-corrected chi connectivity index (χ2v) is 10.4. The fraction of sp³-hybridized carbons (Fsp3) is 0.108. The summed E-state index contributed by atoms with van der Waals surface area (Å²) in [6, 6.07) is 35.2. The van der Waals surface area contributed by atoms with Gasteiger partial charge in [0.25, 0.3) is 0 Å². The van der Waals surface area contributed by atoms with Gasteiger partial charge in [-0.3, -0.25) is 10.1 Å². The Labute approximate surface area is 266 Å². The molecule has 5 rings (SSSR count). The first-order valence-corrected chi connectivity index (χ1v) is 14.6. The number of anilines is 3. The summed E-state index contributed by atoms with van der Waals surface area (Å²) < 4.78 is 12.6. The Balaban J connectivity index is 1.43. The number of phenolic OH excluding ortho intramolecular Hbond substituents is 1. The fourth-order valence-corrected chi connectivity index (χ4v) is 4.97. The molecule has 0 bridgehead atoms. The molecule has 0 saturated heterocycles. The first-order valence-electron chi connectivity index (χ1n) is 14.6. The molecule has 0 fully saturated rings. The van der Waals surface area contributed by atoms with Gasteiger partial charge in [0, 0.05) is 16.6 Å². The van der Waals surface area contributed by atoms with Crippen LogP contribution in [0, 0.1) is 11.3 Å². The van der Waals surface area contributed by atoms with Gasteiger partial charge >= 0.3 is 6.09 Å². The smallest absolute Gasteiger partial charge is 0.412 e. The number of amides is 2. The van der Waals surface area contributed by atoms with E-state index < -0.39 is 18.3 Å². The lowest BCUT2D eigenvalue weighted by Crippen LogP contribution is -2.31. The predicted molar refractivity (Wildman–Crippen MR) is 178 cm³/mol. The first-order chi connectivity index (χ1) is 22.4. The summed E-state index contributed by atoms with van der Waals surface area (Å²) in [5.41, 5.74) is 8.46. The average Bonchev–Trinajstić information content (AvgIpc) is 3.07. The maximum Gasteiger partial charge on any atom is 0.412 e. The van der Waals surface area contributed by atoms with Crippen LogP contribution in [0.25, 0.3) is 10.8 Å². The monoisotopic (exact) mass is 612 g/mol. The Morgan fingerprint density at radius 1 is 0.848 bits per heavy atom. The van der Waals surface area contributed by atoms with Crippen LogP contribution in [0.15, 0.2) is 127 Å². The highest BCUT2D eigenvalue weighted by Gasteiger charge is 2.31. The van der Waals surface area contributed by atoms with Crippen molar-refractivity contribution < 1.29 is 24.2 Å². The van der Waals surface area contributed by atoms with E-state index in [4.69, 9.17) is 20.5 Å². The standard InChI is InChI=1S/C37H32N4O5/c38-24-25-18-20-26(21-19-25)40-37(44)46-36(30-22-23-33(42)29-13-5-4-12-28(29)30)34(45-27-10-2-1-3-11-27)16-8-9-17-35(43)41-32-15-7-6-14-31(32)39/h1-7,9-15,17-23,34,36,42H,8,16,39H2,(H,40,44)(H,41,43)/b17-9+/t34-,36-/m1/s1. The molecule has 5 aromatic carbocycles. The van der Waals surface area contributed by atoms with Gasteiger partial charge in [-0.25, -0.2) is 4.79 Å². The van der Waals surface area contributed by atoms with E-state index in [1.165, 1.54) is 6.08 Å². The Kier molecular flexibility index (Phi) is 10.1. The zero-order valence-corrected chi connectivity index (χ0v) is 24.8. The Morgan fingerprint density at radius 2 is 1.54 bits per heavy atom. The van der Waals surface area contributed by atoms with E-state index in [1.54, 1.807) is 72.8 Å². The minimum absolute atomic E-state index is 0.0914. The maximum absolute atomic E-state index is 13.4. The molecule has 0 aliphatic heterocycles. The van der Waals surface area contributed by atoms with Crippen LogP contribution in [0.4, 0.5) is 21.9 Å². The number of fused-ring (bicyclic) bond motifs is 1. The molecule has 0 unspecified atom stereocenters. The number of carbonyl (C=O) groups is 2. The lowest BCUT2D eigenvalue weighted by molar-refractivity contribution is -0.111. The molecule has 0 spiro atoms. The molecule has 2 amide bonds. The molecule has 2 atom stereocenters. The van der Waals surface area contributed by atoms with Gasteiger partial charge in [-0.05, 0) is 78.9 Å². The van der Waals surface area contributed by atoms with Crippen molar-refractivity contribution in [3.63, 3.8) is 0 Å². The molecule has 5 N–H and O–H groups in total. The quantitative estimate of drug-likeness (QED) is 0.0882. The second kappa shape index (κ2) is 14.9. The van der Waals surface area contributed by atoms with Crippen molar-refractivity contribution in [2.24, 2.45) is 0 Å². The minimum atomic E-state index is -0.935. The summed E-state index contributed by atoms with van der Waals surface area (Å²) >= 11 is 0. The number of aromatic hydroxyl groups is 1. The Bertz CT molecular complexity index is 1880. The number of phenols is 1. The number of carbonyl (C=O) groups excluding carboxylic acids is 2. The van der Waals surface area contributed by atoms with Gasteiger partial charge in [0.2, 0.25) is 5.91 Å². The number of nitriles is 1. The highest BCUT2D eigenvalue weighted by atomic mass is 16.6. The summed E-state index contributed by atoms with van der Waals surface area (Å²) in [4.78, 5) is 25.9. The SMILES string of the molecule is N#Cc1ccc(NC(=O)O[C@H](c2ccc(O)c3ccccc23)[C@@H](CC/C=C/C(=O)Nc2ccccc2N)Oc2ccccc2)cc1. The summed E-state index contributed by atoms with van der Waals surface area (Å²) in [5.74, 6) is 0.323. The highest BCUT2D eigenvalue weighted by Crippen LogP contribution is 2.36. The van der Waals surface area contributed by atoms with Gasteiger partial charge in [0.05, 0.1) is 23.0 Å². The van der Waals surface area contributed by atoms with Crippen LogP contribution in [0.5, 0.6) is 11.5 Å². The molecule has 9 heteroatoms. The minimum Gasteiger partial charge on any atom is -0.507 e.